The predicted octanol–water partition coefficient (Wildman–Crippen LogP) is 2.47. The van der Waals surface area contributed by atoms with Gasteiger partial charge in [-0.3, -0.25) is 4.79 Å². The zero-order chi connectivity index (χ0) is 17.2. The summed E-state index contributed by atoms with van der Waals surface area (Å²) in [4.78, 5) is 12.8. The number of amides is 1. The van der Waals surface area contributed by atoms with Crippen LogP contribution in [-0.2, 0) is 14.6 Å². The summed E-state index contributed by atoms with van der Waals surface area (Å²) in [7, 11) is -3.21. The van der Waals surface area contributed by atoms with Crippen molar-refractivity contribution in [2.24, 2.45) is 11.8 Å². The fraction of sp³-hybridized carbons (Fsp3) is 0.611. The molecule has 7 heteroatoms. The second-order valence-electron chi connectivity index (χ2n) is 7.03. The molecule has 1 saturated heterocycles. The van der Waals surface area contributed by atoms with Gasteiger partial charge in [-0.05, 0) is 55.8 Å². The van der Waals surface area contributed by atoms with Crippen LogP contribution >= 0.6 is 12.4 Å². The second-order valence-corrected chi connectivity index (χ2v) is 9.11. The van der Waals surface area contributed by atoms with Gasteiger partial charge >= 0.3 is 0 Å². The maximum absolute atomic E-state index is 12.5. The number of carbonyl (C=O) groups excluding carboxylic acids is 1. The Balaban J connectivity index is 0.00000225. The number of sulfone groups is 1. The molecule has 0 aromatic heterocycles. The van der Waals surface area contributed by atoms with Gasteiger partial charge in [0.1, 0.15) is 0 Å². The fourth-order valence-corrected chi connectivity index (χ4v) is 5.49. The van der Waals surface area contributed by atoms with Crippen LogP contribution in [-0.4, -0.2) is 33.2 Å². The first-order chi connectivity index (χ1) is 11.5. The number of carbonyl (C=O) groups is 1. The Kier molecular flexibility index (Phi) is 6.88. The van der Waals surface area contributed by atoms with Crippen molar-refractivity contribution < 1.29 is 13.2 Å². The van der Waals surface area contributed by atoms with Gasteiger partial charge in [0.25, 0.3) is 0 Å². The number of rotatable bonds is 4. The van der Waals surface area contributed by atoms with Gasteiger partial charge in [-0.25, -0.2) is 8.42 Å². The molecule has 0 aliphatic carbocycles. The number of nitrogens with one attached hydrogen (secondary N) is 2. The number of benzene rings is 1. The number of hydrogen-bond donors (Lipinski definition) is 2. The number of fused-ring (bicyclic) bond motifs is 1. The lowest BCUT2D eigenvalue weighted by Crippen LogP contribution is -2.36. The molecule has 1 aromatic carbocycles. The van der Waals surface area contributed by atoms with Crippen LogP contribution in [0.3, 0.4) is 0 Å². The lowest BCUT2D eigenvalue weighted by atomic mass is 9.84. The van der Waals surface area contributed by atoms with Crippen LogP contribution in [0.5, 0.6) is 0 Å². The van der Waals surface area contributed by atoms with Crippen molar-refractivity contribution in [2.75, 3.05) is 18.8 Å². The van der Waals surface area contributed by atoms with E-state index in [0.29, 0.717) is 29.6 Å². The number of hydrogen-bond acceptors (Lipinski definition) is 4. The topological polar surface area (TPSA) is 75.3 Å². The van der Waals surface area contributed by atoms with E-state index in [4.69, 9.17) is 0 Å². The van der Waals surface area contributed by atoms with Crippen LogP contribution in [0.15, 0.2) is 29.2 Å². The average molecular weight is 387 g/mol. The third kappa shape index (κ3) is 4.74. The van der Waals surface area contributed by atoms with Gasteiger partial charge in [0.05, 0.1) is 16.7 Å². The Bertz CT molecular complexity index is 702. The smallest absolute Gasteiger partial charge is 0.220 e. The minimum absolute atomic E-state index is 0. The number of piperidine rings is 1. The van der Waals surface area contributed by atoms with E-state index < -0.39 is 9.84 Å². The van der Waals surface area contributed by atoms with E-state index in [0.717, 1.165) is 31.5 Å². The summed E-state index contributed by atoms with van der Waals surface area (Å²) in [6.07, 6.45) is 3.21. The zero-order valence-electron chi connectivity index (χ0n) is 14.5. The molecule has 2 aliphatic heterocycles. The van der Waals surface area contributed by atoms with Gasteiger partial charge in [-0.15, -0.1) is 12.4 Å². The molecule has 1 amide bonds. The van der Waals surface area contributed by atoms with Crippen LogP contribution in [0, 0.1) is 11.8 Å². The van der Waals surface area contributed by atoms with Crippen molar-refractivity contribution in [1.29, 1.82) is 0 Å². The first-order valence-electron chi connectivity index (χ1n) is 8.79. The van der Waals surface area contributed by atoms with Crippen LogP contribution < -0.4 is 10.6 Å². The molecule has 1 fully saturated rings. The minimum Gasteiger partial charge on any atom is -0.349 e. The van der Waals surface area contributed by atoms with Crippen LogP contribution in [0.1, 0.15) is 44.2 Å². The molecule has 0 bridgehead atoms. The normalized spacial score (nSPS) is 23.8. The summed E-state index contributed by atoms with van der Waals surface area (Å²) in [5, 5.41) is 6.41. The molecule has 2 aliphatic rings. The Morgan fingerprint density at radius 1 is 1.24 bits per heavy atom. The maximum Gasteiger partial charge on any atom is 0.220 e. The van der Waals surface area contributed by atoms with E-state index >= 15 is 0 Å². The van der Waals surface area contributed by atoms with E-state index in [2.05, 4.69) is 17.6 Å². The summed E-state index contributed by atoms with van der Waals surface area (Å²) < 4.78 is 24.3. The molecule has 140 valence electrons. The zero-order valence-corrected chi connectivity index (χ0v) is 16.2. The Labute approximate surface area is 156 Å². The number of halogens is 1. The third-order valence-corrected chi connectivity index (χ3v) is 7.15. The van der Waals surface area contributed by atoms with Gasteiger partial charge in [-0.2, -0.15) is 0 Å². The summed E-state index contributed by atoms with van der Waals surface area (Å²) >= 11 is 0. The molecule has 1 aromatic rings. The highest BCUT2D eigenvalue weighted by molar-refractivity contribution is 7.91. The summed E-state index contributed by atoms with van der Waals surface area (Å²) in [5.74, 6) is 1.07. The van der Waals surface area contributed by atoms with Crippen molar-refractivity contribution in [2.45, 2.75) is 43.5 Å². The van der Waals surface area contributed by atoms with Crippen molar-refractivity contribution in [3.63, 3.8) is 0 Å². The monoisotopic (exact) mass is 386 g/mol. The summed E-state index contributed by atoms with van der Waals surface area (Å²) in [5.41, 5.74) is 0.728. The van der Waals surface area contributed by atoms with E-state index in [9.17, 15) is 13.2 Å². The molecular weight excluding hydrogens is 360 g/mol. The summed E-state index contributed by atoms with van der Waals surface area (Å²) in [6.45, 7) is 4.21. The first kappa shape index (κ1) is 20.2. The molecule has 2 N–H and O–H groups in total. The van der Waals surface area contributed by atoms with Crippen molar-refractivity contribution in [1.82, 2.24) is 10.6 Å². The lowest BCUT2D eigenvalue weighted by molar-refractivity contribution is -0.123. The largest absolute Gasteiger partial charge is 0.349 e. The molecule has 0 radical (unpaired) electrons. The van der Waals surface area contributed by atoms with Gasteiger partial charge in [0, 0.05) is 6.42 Å². The standard InChI is InChI=1S/C18H26N2O3S.ClH/c1-13(14-6-9-19-10-7-14)12-18(21)20-16-8-11-24(22,23)17-5-3-2-4-15(16)17;/h2-5,13-14,16,19H,6-12H2,1H3,(H,20,21);1H. The van der Waals surface area contributed by atoms with Gasteiger partial charge in [0.2, 0.25) is 5.91 Å². The SMILES string of the molecule is CC(CC(=O)NC1CCS(=O)(=O)c2ccccc21)C1CCNCC1.Cl. The van der Waals surface area contributed by atoms with E-state index in [1.54, 1.807) is 12.1 Å². The highest BCUT2D eigenvalue weighted by Crippen LogP contribution is 2.32. The van der Waals surface area contributed by atoms with Crippen molar-refractivity contribution in [3.05, 3.63) is 29.8 Å². The molecule has 0 spiro atoms. The fourth-order valence-electron chi connectivity index (χ4n) is 3.87. The molecule has 2 atom stereocenters. The predicted molar refractivity (Wildman–Crippen MR) is 101 cm³/mol. The van der Waals surface area contributed by atoms with Gasteiger partial charge in [0.15, 0.2) is 9.84 Å². The van der Waals surface area contributed by atoms with Gasteiger partial charge in [-0.1, -0.05) is 25.1 Å². The maximum atomic E-state index is 12.5. The molecule has 3 rings (SSSR count). The molecule has 25 heavy (non-hydrogen) atoms. The van der Waals surface area contributed by atoms with E-state index in [-0.39, 0.29) is 30.1 Å². The quantitative estimate of drug-likeness (QED) is 0.833. The average Bonchev–Trinajstić information content (AvgIpc) is 2.58. The van der Waals surface area contributed by atoms with E-state index in [1.165, 1.54) is 0 Å². The lowest BCUT2D eigenvalue weighted by Gasteiger charge is -2.29. The molecule has 5 nitrogen and oxygen atoms in total. The molecule has 0 saturated carbocycles. The van der Waals surface area contributed by atoms with Gasteiger partial charge < -0.3 is 10.6 Å². The van der Waals surface area contributed by atoms with Crippen molar-refractivity contribution in [3.8, 4) is 0 Å². The van der Waals surface area contributed by atoms with Crippen LogP contribution in [0.2, 0.25) is 0 Å². The molecule has 2 unspecified atom stereocenters. The molecular formula is C18H27ClN2O3S. The van der Waals surface area contributed by atoms with Crippen molar-refractivity contribution >= 4 is 28.2 Å². The highest BCUT2D eigenvalue weighted by Gasteiger charge is 2.31. The van der Waals surface area contributed by atoms with Crippen LogP contribution in [0.25, 0.3) is 0 Å². The Morgan fingerprint density at radius 2 is 1.92 bits per heavy atom. The molecule has 2 heterocycles. The Hall–Kier alpha value is -1.11. The van der Waals surface area contributed by atoms with E-state index in [1.807, 2.05) is 12.1 Å². The summed E-state index contributed by atoms with van der Waals surface area (Å²) in [6, 6.07) is 6.82. The Morgan fingerprint density at radius 3 is 2.64 bits per heavy atom. The minimum atomic E-state index is -3.21. The first-order valence-corrected chi connectivity index (χ1v) is 10.4. The van der Waals surface area contributed by atoms with Crippen LogP contribution in [0.4, 0.5) is 0 Å². The highest BCUT2D eigenvalue weighted by atomic mass is 35.5. The second kappa shape index (κ2) is 8.52. The third-order valence-electron chi connectivity index (χ3n) is 5.34.